The molecule has 0 bridgehead atoms. The van der Waals surface area contributed by atoms with E-state index in [0.29, 0.717) is 0 Å². The van der Waals surface area contributed by atoms with Crippen LogP contribution < -0.4 is 5.32 Å². The summed E-state index contributed by atoms with van der Waals surface area (Å²) in [5.41, 5.74) is 2.15. The molecule has 5 nitrogen and oxygen atoms in total. The molecule has 138 valence electrons. The third-order valence-electron chi connectivity index (χ3n) is 3.90. The van der Waals surface area contributed by atoms with Crippen LogP contribution >= 0.6 is 24.0 Å². The number of aliphatic imine (C=N–C) groups is 1. The van der Waals surface area contributed by atoms with Crippen molar-refractivity contribution < 1.29 is 4.52 Å². The molecule has 0 unspecified atom stereocenters. The minimum Gasteiger partial charge on any atom is -0.361 e. The number of aromatic nitrogens is 1. The van der Waals surface area contributed by atoms with Gasteiger partial charge in [0.25, 0.3) is 0 Å². The lowest BCUT2D eigenvalue weighted by atomic mass is 10.1. The summed E-state index contributed by atoms with van der Waals surface area (Å²) < 4.78 is 5.20. The van der Waals surface area contributed by atoms with Crippen LogP contribution in [0.25, 0.3) is 0 Å². The van der Waals surface area contributed by atoms with Gasteiger partial charge < -0.3 is 14.7 Å². The smallest absolute Gasteiger partial charge is 0.193 e. The van der Waals surface area contributed by atoms with Gasteiger partial charge in [-0.05, 0) is 46.5 Å². The van der Waals surface area contributed by atoms with E-state index in [1.54, 1.807) is 0 Å². The number of nitrogens with one attached hydrogen (secondary N) is 1. The summed E-state index contributed by atoms with van der Waals surface area (Å²) in [7, 11) is 2.10. The summed E-state index contributed by atoms with van der Waals surface area (Å²) in [4.78, 5) is 6.94. The second-order valence-electron chi connectivity index (χ2n) is 5.85. The summed E-state index contributed by atoms with van der Waals surface area (Å²) >= 11 is 0. The minimum absolute atomic E-state index is 0. The van der Waals surface area contributed by atoms with Crippen LogP contribution in [-0.4, -0.2) is 42.7 Å². The highest BCUT2D eigenvalue weighted by Gasteiger charge is 2.09. The number of unbranched alkanes of at least 4 members (excludes halogenated alkanes) is 3. The van der Waals surface area contributed by atoms with Crippen LogP contribution in [0.2, 0.25) is 0 Å². The van der Waals surface area contributed by atoms with E-state index in [1.165, 1.54) is 24.8 Å². The molecule has 6 heteroatoms. The summed E-state index contributed by atoms with van der Waals surface area (Å²) in [6.45, 7) is 12.4. The van der Waals surface area contributed by atoms with Crippen LogP contribution in [-0.2, 0) is 6.42 Å². The molecule has 0 aliphatic carbocycles. The molecule has 1 aromatic rings. The third kappa shape index (κ3) is 8.17. The van der Waals surface area contributed by atoms with Gasteiger partial charge in [-0.1, -0.05) is 17.7 Å². The monoisotopic (exact) mass is 448 g/mol. The number of guanidine groups is 1. The van der Waals surface area contributed by atoms with Crippen molar-refractivity contribution in [1.29, 1.82) is 0 Å². The zero-order chi connectivity index (χ0) is 17.1. The molecular weight excluding hydrogens is 415 g/mol. The van der Waals surface area contributed by atoms with Crippen LogP contribution in [0.5, 0.6) is 0 Å². The lowest BCUT2D eigenvalue weighted by Gasteiger charge is -2.22. The number of hydrogen-bond donors (Lipinski definition) is 1. The number of allylic oxidation sites excluding steroid dienone is 1. The predicted octanol–water partition coefficient (Wildman–Crippen LogP) is 4.10. The molecule has 1 rings (SSSR count). The second kappa shape index (κ2) is 13.3. The van der Waals surface area contributed by atoms with E-state index in [9.17, 15) is 0 Å². The molecule has 0 atom stereocenters. The zero-order valence-corrected chi connectivity index (χ0v) is 17.9. The van der Waals surface area contributed by atoms with Crippen molar-refractivity contribution in [3.8, 4) is 0 Å². The maximum absolute atomic E-state index is 5.20. The van der Waals surface area contributed by atoms with E-state index in [-0.39, 0.29) is 24.0 Å². The first-order valence-corrected chi connectivity index (χ1v) is 8.62. The number of hydrogen-bond acceptors (Lipinski definition) is 3. The average molecular weight is 448 g/mol. The molecule has 0 spiro atoms. The lowest BCUT2D eigenvalue weighted by molar-refractivity contribution is 0.392. The molecule has 1 N–H and O–H groups in total. The number of rotatable bonds is 10. The SMILES string of the molecule is C=CCCCCCN(C)C(=NCCc1c(C)noc1C)NCC.I. The Balaban J connectivity index is 0.00000529. The van der Waals surface area contributed by atoms with E-state index in [2.05, 4.69) is 35.9 Å². The topological polar surface area (TPSA) is 53.7 Å². The standard InChI is InChI=1S/C18H32N4O.HI/c1-6-8-9-10-11-14-22(5)18(19-7-2)20-13-12-17-15(3)21-23-16(17)4;/h6H,1,7-14H2,2-5H3,(H,19,20);1H. The average Bonchev–Trinajstić information content (AvgIpc) is 2.85. The maximum atomic E-state index is 5.20. The molecule has 1 aromatic heterocycles. The van der Waals surface area contributed by atoms with Gasteiger partial charge in [0, 0.05) is 32.2 Å². The lowest BCUT2D eigenvalue weighted by Crippen LogP contribution is -2.39. The van der Waals surface area contributed by atoms with Crippen LogP contribution in [0.15, 0.2) is 22.2 Å². The summed E-state index contributed by atoms with van der Waals surface area (Å²) in [6.07, 6.45) is 7.59. The Morgan fingerprint density at radius 2 is 2.08 bits per heavy atom. The first kappa shape index (κ1) is 22.9. The number of halogens is 1. The van der Waals surface area contributed by atoms with E-state index in [0.717, 1.165) is 49.9 Å². The molecule has 1 heterocycles. The van der Waals surface area contributed by atoms with Crippen molar-refractivity contribution >= 4 is 29.9 Å². The Labute approximate surface area is 164 Å². The van der Waals surface area contributed by atoms with Crippen LogP contribution in [0.1, 0.15) is 49.6 Å². The zero-order valence-electron chi connectivity index (χ0n) is 15.6. The quantitative estimate of drug-likeness (QED) is 0.193. The highest BCUT2D eigenvalue weighted by molar-refractivity contribution is 14.0. The molecule has 0 radical (unpaired) electrons. The van der Waals surface area contributed by atoms with Crippen LogP contribution in [0.3, 0.4) is 0 Å². The Kier molecular flexibility index (Phi) is 12.7. The van der Waals surface area contributed by atoms with Gasteiger partial charge >= 0.3 is 0 Å². The Morgan fingerprint density at radius 3 is 2.67 bits per heavy atom. The van der Waals surface area contributed by atoms with Gasteiger partial charge in [0.05, 0.1) is 5.69 Å². The van der Waals surface area contributed by atoms with Crippen LogP contribution in [0.4, 0.5) is 0 Å². The summed E-state index contributed by atoms with van der Waals surface area (Å²) in [6, 6.07) is 0. The third-order valence-corrected chi connectivity index (χ3v) is 3.90. The second-order valence-corrected chi connectivity index (χ2v) is 5.85. The summed E-state index contributed by atoms with van der Waals surface area (Å²) in [5, 5.41) is 7.36. The fourth-order valence-corrected chi connectivity index (χ4v) is 2.52. The van der Waals surface area contributed by atoms with Gasteiger partial charge in [-0.25, -0.2) is 0 Å². The Morgan fingerprint density at radius 1 is 1.33 bits per heavy atom. The van der Waals surface area contributed by atoms with Gasteiger partial charge in [0.15, 0.2) is 5.96 Å². The van der Waals surface area contributed by atoms with Gasteiger partial charge in [-0.3, -0.25) is 4.99 Å². The summed E-state index contributed by atoms with van der Waals surface area (Å²) in [5.74, 6) is 1.88. The van der Waals surface area contributed by atoms with Crippen molar-refractivity contribution in [2.24, 2.45) is 4.99 Å². The van der Waals surface area contributed by atoms with Gasteiger partial charge in [-0.15, -0.1) is 30.6 Å². The van der Waals surface area contributed by atoms with E-state index < -0.39 is 0 Å². The minimum atomic E-state index is 0. The fourth-order valence-electron chi connectivity index (χ4n) is 2.52. The number of aryl methyl sites for hydroxylation is 2. The molecule has 0 amide bonds. The normalized spacial score (nSPS) is 11.1. The highest BCUT2D eigenvalue weighted by Crippen LogP contribution is 2.12. The molecule has 0 fully saturated rings. The fraction of sp³-hybridized carbons (Fsp3) is 0.667. The van der Waals surface area contributed by atoms with Gasteiger partial charge in [-0.2, -0.15) is 0 Å². The Bertz CT molecular complexity index is 480. The highest BCUT2D eigenvalue weighted by atomic mass is 127. The van der Waals surface area contributed by atoms with E-state index in [4.69, 9.17) is 9.52 Å². The van der Waals surface area contributed by atoms with E-state index in [1.807, 2.05) is 19.9 Å². The van der Waals surface area contributed by atoms with Gasteiger partial charge in [0.2, 0.25) is 0 Å². The largest absolute Gasteiger partial charge is 0.361 e. The first-order chi connectivity index (χ1) is 11.1. The Hall–Kier alpha value is -1.05. The van der Waals surface area contributed by atoms with Crippen molar-refractivity contribution in [3.05, 3.63) is 29.7 Å². The number of nitrogens with zero attached hydrogens (tertiary/aromatic N) is 3. The van der Waals surface area contributed by atoms with Crippen molar-refractivity contribution in [2.45, 2.75) is 52.9 Å². The first-order valence-electron chi connectivity index (χ1n) is 8.62. The molecule has 0 saturated heterocycles. The molecule has 0 saturated carbocycles. The maximum Gasteiger partial charge on any atom is 0.193 e. The molecular formula is C18H33IN4O. The molecule has 24 heavy (non-hydrogen) atoms. The van der Waals surface area contributed by atoms with E-state index >= 15 is 0 Å². The molecule has 0 aliphatic rings. The van der Waals surface area contributed by atoms with Crippen molar-refractivity contribution in [3.63, 3.8) is 0 Å². The van der Waals surface area contributed by atoms with Crippen molar-refractivity contribution in [1.82, 2.24) is 15.4 Å². The van der Waals surface area contributed by atoms with Gasteiger partial charge in [0.1, 0.15) is 5.76 Å². The molecule has 0 aliphatic heterocycles. The van der Waals surface area contributed by atoms with Crippen molar-refractivity contribution in [2.75, 3.05) is 26.7 Å². The van der Waals surface area contributed by atoms with Crippen LogP contribution in [0, 0.1) is 13.8 Å². The molecule has 0 aromatic carbocycles. The predicted molar refractivity (Wildman–Crippen MR) is 112 cm³/mol.